The number of aromatic amines is 1. The molecule has 4 heteroatoms. The zero-order chi connectivity index (χ0) is 10.1. The zero-order valence-corrected chi connectivity index (χ0v) is 8.52. The molecule has 3 nitrogen and oxygen atoms in total. The van der Waals surface area contributed by atoms with Crippen LogP contribution in [-0.2, 0) is 0 Å². The van der Waals surface area contributed by atoms with E-state index < -0.39 is 0 Å². The van der Waals surface area contributed by atoms with Gasteiger partial charge in [0.15, 0.2) is 0 Å². The predicted octanol–water partition coefficient (Wildman–Crippen LogP) is 1.99. The molecule has 2 aromatic rings. The van der Waals surface area contributed by atoms with E-state index in [-0.39, 0.29) is 4.87 Å². The van der Waals surface area contributed by atoms with Crippen molar-refractivity contribution >= 4 is 17.0 Å². The number of aryl methyl sites for hydroxylation is 1. The van der Waals surface area contributed by atoms with Gasteiger partial charge in [-0.25, -0.2) is 0 Å². The third kappa shape index (κ3) is 1.56. The van der Waals surface area contributed by atoms with Crippen LogP contribution in [0.4, 0.5) is 5.69 Å². The van der Waals surface area contributed by atoms with E-state index in [0.29, 0.717) is 5.69 Å². The molecule has 2 rings (SSSR count). The van der Waals surface area contributed by atoms with E-state index in [4.69, 9.17) is 5.73 Å². The number of hydrogen-bond donors (Lipinski definition) is 2. The maximum atomic E-state index is 11.1. The smallest absolute Gasteiger partial charge is 0.305 e. The first-order valence-electron chi connectivity index (χ1n) is 4.22. The van der Waals surface area contributed by atoms with Gasteiger partial charge < -0.3 is 10.7 Å². The van der Waals surface area contributed by atoms with Crippen LogP contribution in [0.25, 0.3) is 11.3 Å². The molecule has 0 amide bonds. The molecule has 14 heavy (non-hydrogen) atoms. The first-order valence-corrected chi connectivity index (χ1v) is 5.04. The van der Waals surface area contributed by atoms with Crippen LogP contribution in [0, 0.1) is 6.92 Å². The number of benzene rings is 1. The molecule has 0 aliphatic heterocycles. The van der Waals surface area contributed by atoms with Crippen LogP contribution in [0.3, 0.4) is 0 Å². The minimum Gasteiger partial charge on any atom is -0.399 e. The molecular weight excluding hydrogens is 196 g/mol. The molecule has 0 bridgehead atoms. The average molecular weight is 206 g/mol. The van der Waals surface area contributed by atoms with Gasteiger partial charge in [-0.15, -0.1) is 0 Å². The van der Waals surface area contributed by atoms with Gasteiger partial charge in [0, 0.05) is 16.1 Å². The van der Waals surface area contributed by atoms with E-state index in [0.717, 1.165) is 16.1 Å². The maximum absolute atomic E-state index is 11.1. The number of aromatic nitrogens is 1. The second-order valence-corrected chi connectivity index (χ2v) is 4.26. The Morgan fingerprint density at radius 3 is 2.79 bits per heavy atom. The number of hydrogen-bond acceptors (Lipinski definition) is 3. The molecular formula is C10H10N2OS. The van der Waals surface area contributed by atoms with Gasteiger partial charge in [-0.3, -0.25) is 4.79 Å². The highest BCUT2D eigenvalue weighted by Crippen LogP contribution is 2.23. The first-order chi connectivity index (χ1) is 6.66. The number of anilines is 1. The molecule has 0 saturated heterocycles. The van der Waals surface area contributed by atoms with Crippen molar-refractivity contribution in [3.8, 4) is 11.3 Å². The van der Waals surface area contributed by atoms with E-state index in [2.05, 4.69) is 4.98 Å². The number of nitrogens with one attached hydrogen (secondary N) is 1. The number of nitrogens with two attached hydrogens (primary N) is 1. The molecule has 3 N–H and O–H groups in total. The van der Waals surface area contributed by atoms with Crippen molar-refractivity contribution < 1.29 is 0 Å². The summed E-state index contributed by atoms with van der Waals surface area (Å²) in [6, 6.07) is 7.48. The molecule has 1 aromatic carbocycles. The maximum Gasteiger partial charge on any atom is 0.305 e. The Bertz CT molecular complexity index is 513. The van der Waals surface area contributed by atoms with Gasteiger partial charge in [0.1, 0.15) is 0 Å². The topological polar surface area (TPSA) is 58.9 Å². The average Bonchev–Trinajstić information content (AvgIpc) is 2.45. The highest BCUT2D eigenvalue weighted by Gasteiger charge is 2.05. The summed E-state index contributed by atoms with van der Waals surface area (Å²) in [5.74, 6) is 0. The summed E-state index contributed by atoms with van der Waals surface area (Å²) < 4.78 is 0. The summed E-state index contributed by atoms with van der Waals surface area (Å²) in [6.45, 7) is 1.92. The lowest BCUT2D eigenvalue weighted by atomic mass is 10.1. The second kappa shape index (κ2) is 3.31. The fourth-order valence-corrected chi connectivity index (χ4v) is 2.08. The molecule has 0 aliphatic carbocycles. The Balaban J connectivity index is 2.59. The Hall–Kier alpha value is -1.55. The predicted molar refractivity (Wildman–Crippen MR) is 59.5 cm³/mol. The van der Waals surface area contributed by atoms with E-state index >= 15 is 0 Å². The van der Waals surface area contributed by atoms with Crippen LogP contribution in [0.2, 0.25) is 0 Å². The van der Waals surface area contributed by atoms with E-state index in [1.54, 1.807) is 0 Å². The lowest BCUT2D eigenvalue weighted by molar-refractivity contribution is 1.32. The molecule has 0 aliphatic rings. The normalized spacial score (nSPS) is 10.4. The van der Waals surface area contributed by atoms with Gasteiger partial charge in [-0.1, -0.05) is 23.5 Å². The van der Waals surface area contributed by atoms with Crippen molar-refractivity contribution in [2.75, 3.05) is 5.73 Å². The van der Waals surface area contributed by atoms with Gasteiger partial charge in [0.25, 0.3) is 0 Å². The Morgan fingerprint density at radius 2 is 2.21 bits per heavy atom. The third-order valence-corrected chi connectivity index (χ3v) is 2.80. The van der Waals surface area contributed by atoms with Gasteiger partial charge in [0.05, 0.1) is 5.69 Å². The lowest BCUT2D eigenvalue weighted by Crippen LogP contribution is -1.93. The quantitative estimate of drug-likeness (QED) is 0.701. The third-order valence-electron chi connectivity index (χ3n) is 2.00. The SMILES string of the molecule is Cc1sc(=O)[nH]c1-c1cccc(N)c1. The van der Waals surface area contributed by atoms with Crippen molar-refractivity contribution in [3.63, 3.8) is 0 Å². The molecule has 1 aromatic heterocycles. The molecule has 0 fully saturated rings. The molecule has 0 radical (unpaired) electrons. The van der Waals surface area contributed by atoms with Crippen LogP contribution in [0.15, 0.2) is 29.1 Å². The fraction of sp³-hybridized carbons (Fsp3) is 0.100. The van der Waals surface area contributed by atoms with Crippen LogP contribution in [-0.4, -0.2) is 4.98 Å². The second-order valence-electron chi connectivity index (χ2n) is 3.07. The van der Waals surface area contributed by atoms with Crippen molar-refractivity contribution in [1.29, 1.82) is 0 Å². The van der Waals surface area contributed by atoms with Gasteiger partial charge in [-0.2, -0.15) is 0 Å². The molecule has 72 valence electrons. The Kier molecular flexibility index (Phi) is 2.13. The largest absolute Gasteiger partial charge is 0.399 e. The van der Waals surface area contributed by atoms with Crippen LogP contribution in [0.1, 0.15) is 4.88 Å². The lowest BCUT2D eigenvalue weighted by Gasteiger charge is -2.00. The number of rotatable bonds is 1. The monoisotopic (exact) mass is 206 g/mol. The summed E-state index contributed by atoms with van der Waals surface area (Å²) in [5, 5.41) is 0. The summed E-state index contributed by atoms with van der Waals surface area (Å²) in [5.41, 5.74) is 8.19. The first kappa shape index (κ1) is 9.02. The number of thiazole rings is 1. The van der Waals surface area contributed by atoms with E-state index in [9.17, 15) is 4.79 Å². The highest BCUT2D eigenvalue weighted by atomic mass is 32.1. The minimum absolute atomic E-state index is 0.0278. The van der Waals surface area contributed by atoms with Crippen LogP contribution >= 0.6 is 11.3 Å². The van der Waals surface area contributed by atoms with Crippen molar-refractivity contribution in [2.45, 2.75) is 6.92 Å². The number of H-pyrrole nitrogens is 1. The summed E-state index contributed by atoms with van der Waals surface area (Å²) in [6.07, 6.45) is 0. The van der Waals surface area contributed by atoms with Gasteiger partial charge in [0.2, 0.25) is 0 Å². The molecule has 1 heterocycles. The summed E-state index contributed by atoms with van der Waals surface area (Å²) in [4.78, 5) is 14.9. The van der Waals surface area contributed by atoms with Gasteiger partial charge >= 0.3 is 4.87 Å². The van der Waals surface area contributed by atoms with Crippen molar-refractivity contribution in [2.24, 2.45) is 0 Å². The number of nitrogen functional groups attached to an aromatic ring is 1. The van der Waals surface area contributed by atoms with Crippen LogP contribution < -0.4 is 10.6 Å². The summed E-state index contributed by atoms with van der Waals surface area (Å²) >= 11 is 1.22. The van der Waals surface area contributed by atoms with Crippen molar-refractivity contribution in [3.05, 3.63) is 38.8 Å². The fourth-order valence-electron chi connectivity index (χ4n) is 1.38. The minimum atomic E-state index is -0.0278. The Morgan fingerprint density at radius 1 is 1.43 bits per heavy atom. The van der Waals surface area contributed by atoms with E-state index in [1.807, 2.05) is 31.2 Å². The Labute approximate surface area is 85.2 Å². The van der Waals surface area contributed by atoms with Crippen LogP contribution in [0.5, 0.6) is 0 Å². The summed E-state index contributed by atoms with van der Waals surface area (Å²) in [7, 11) is 0. The van der Waals surface area contributed by atoms with Gasteiger partial charge in [-0.05, 0) is 19.1 Å². The zero-order valence-electron chi connectivity index (χ0n) is 7.70. The standard InChI is InChI=1S/C10H10N2OS/c1-6-9(12-10(13)14-6)7-3-2-4-8(11)5-7/h2-5H,11H2,1H3,(H,12,13). The molecule has 0 spiro atoms. The molecule has 0 unspecified atom stereocenters. The highest BCUT2D eigenvalue weighted by molar-refractivity contribution is 7.09. The molecule has 0 saturated carbocycles. The van der Waals surface area contributed by atoms with E-state index in [1.165, 1.54) is 11.3 Å². The molecule has 0 atom stereocenters. The van der Waals surface area contributed by atoms with Crippen molar-refractivity contribution in [1.82, 2.24) is 4.98 Å².